The highest BCUT2D eigenvalue weighted by molar-refractivity contribution is 9.10. The lowest BCUT2D eigenvalue weighted by atomic mass is 10.2. The maximum absolute atomic E-state index is 11.8. The summed E-state index contributed by atoms with van der Waals surface area (Å²) in [6, 6.07) is 5.46. The van der Waals surface area contributed by atoms with Gasteiger partial charge in [0.25, 0.3) is 5.91 Å². The van der Waals surface area contributed by atoms with E-state index in [1.54, 1.807) is 6.07 Å². The van der Waals surface area contributed by atoms with Crippen molar-refractivity contribution in [3.05, 3.63) is 22.7 Å². The van der Waals surface area contributed by atoms with Crippen LogP contribution in [0.2, 0.25) is 0 Å². The minimum Gasteiger partial charge on any atom is -0.490 e. The summed E-state index contributed by atoms with van der Waals surface area (Å²) >= 11 is 14.5. The SMILES string of the molecule is O=C(C(Cl)Cl)N1CCOc2ccc(Br)cc21. The molecule has 0 saturated carbocycles. The Kier molecular flexibility index (Phi) is 3.62. The van der Waals surface area contributed by atoms with E-state index < -0.39 is 4.84 Å². The van der Waals surface area contributed by atoms with Gasteiger partial charge in [-0.3, -0.25) is 4.79 Å². The minimum absolute atomic E-state index is 0.328. The summed E-state index contributed by atoms with van der Waals surface area (Å²) < 4.78 is 6.31. The van der Waals surface area contributed by atoms with E-state index in [9.17, 15) is 4.79 Å². The maximum atomic E-state index is 11.8. The number of amides is 1. The molecule has 2 rings (SSSR count). The molecule has 1 aromatic rings. The molecule has 0 fully saturated rings. The third-order valence-corrected chi connectivity index (χ3v) is 3.10. The van der Waals surface area contributed by atoms with Gasteiger partial charge in [-0.15, -0.1) is 0 Å². The molecule has 0 N–H and O–H groups in total. The first-order valence-electron chi connectivity index (χ1n) is 4.61. The average molecular weight is 325 g/mol. The number of alkyl halides is 2. The summed E-state index contributed by atoms with van der Waals surface area (Å²) in [5, 5.41) is 0. The fourth-order valence-corrected chi connectivity index (χ4v) is 2.12. The van der Waals surface area contributed by atoms with Gasteiger partial charge in [-0.1, -0.05) is 39.1 Å². The van der Waals surface area contributed by atoms with Crippen LogP contribution in [0.15, 0.2) is 22.7 Å². The predicted molar refractivity (Wildman–Crippen MR) is 67.5 cm³/mol. The Bertz CT molecular complexity index is 425. The van der Waals surface area contributed by atoms with Crippen molar-refractivity contribution in [2.75, 3.05) is 18.1 Å². The number of anilines is 1. The van der Waals surface area contributed by atoms with Crippen molar-refractivity contribution in [3.8, 4) is 5.75 Å². The number of carbonyl (C=O) groups excluding carboxylic acids is 1. The molecule has 0 unspecified atom stereocenters. The molecule has 0 bridgehead atoms. The van der Waals surface area contributed by atoms with Gasteiger partial charge in [0.1, 0.15) is 12.4 Å². The van der Waals surface area contributed by atoms with Crippen LogP contribution in [0.3, 0.4) is 0 Å². The van der Waals surface area contributed by atoms with Gasteiger partial charge < -0.3 is 9.64 Å². The van der Waals surface area contributed by atoms with Gasteiger partial charge in [0.15, 0.2) is 4.84 Å². The van der Waals surface area contributed by atoms with Crippen molar-refractivity contribution in [1.82, 2.24) is 0 Å². The number of benzene rings is 1. The van der Waals surface area contributed by atoms with Gasteiger partial charge in [-0.2, -0.15) is 0 Å². The number of carbonyl (C=O) groups is 1. The van der Waals surface area contributed by atoms with Gasteiger partial charge in [-0.05, 0) is 18.2 Å². The number of nitrogens with zero attached hydrogens (tertiary/aromatic N) is 1. The molecule has 0 aromatic heterocycles. The Labute approximate surface area is 111 Å². The van der Waals surface area contributed by atoms with E-state index >= 15 is 0 Å². The molecule has 1 aromatic carbocycles. The van der Waals surface area contributed by atoms with E-state index in [-0.39, 0.29) is 5.91 Å². The number of rotatable bonds is 1. The Hall–Kier alpha value is -0.450. The normalized spacial score (nSPS) is 14.6. The number of ether oxygens (including phenoxy) is 1. The van der Waals surface area contributed by atoms with E-state index in [4.69, 9.17) is 27.9 Å². The molecule has 1 aliphatic rings. The molecule has 86 valence electrons. The van der Waals surface area contributed by atoms with Crippen LogP contribution >= 0.6 is 39.1 Å². The van der Waals surface area contributed by atoms with Crippen molar-refractivity contribution in [1.29, 1.82) is 0 Å². The Morgan fingerprint density at radius 2 is 2.25 bits per heavy atom. The minimum atomic E-state index is -1.05. The summed E-state index contributed by atoms with van der Waals surface area (Å²) in [4.78, 5) is 12.2. The number of hydrogen-bond acceptors (Lipinski definition) is 2. The lowest BCUT2D eigenvalue weighted by molar-refractivity contribution is -0.117. The number of halogens is 3. The zero-order valence-electron chi connectivity index (χ0n) is 8.12. The Balaban J connectivity index is 2.39. The van der Waals surface area contributed by atoms with Gasteiger partial charge >= 0.3 is 0 Å². The summed E-state index contributed by atoms with van der Waals surface area (Å²) in [5.41, 5.74) is 0.692. The summed E-state index contributed by atoms with van der Waals surface area (Å²) in [6.45, 7) is 0.902. The predicted octanol–water partition coefficient (Wildman–Crippen LogP) is 2.98. The first-order chi connectivity index (χ1) is 7.59. The molecule has 0 spiro atoms. The van der Waals surface area contributed by atoms with Crippen molar-refractivity contribution in [2.24, 2.45) is 0 Å². The fraction of sp³-hybridized carbons (Fsp3) is 0.300. The number of fused-ring (bicyclic) bond motifs is 1. The van der Waals surface area contributed by atoms with Gasteiger partial charge in [0.05, 0.1) is 12.2 Å². The smallest absolute Gasteiger partial charge is 0.260 e. The van der Waals surface area contributed by atoms with Crippen molar-refractivity contribution in [2.45, 2.75) is 4.84 Å². The lowest BCUT2D eigenvalue weighted by Crippen LogP contribution is -2.40. The van der Waals surface area contributed by atoms with Crippen LogP contribution in [0.1, 0.15) is 0 Å². The molecule has 1 aliphatic heterocycles. The fourth-order valence-electron chi connectivity index (χ4n) is 1.54. The van der Waals surface area contributed by atoms with E-state index in [0.717, 1.165) is 4.47 Å². The van der Waals surface area contributed by atoms with Crippen molar-refractivity contribution < 1.29 is 9.53 Å². The molecule has 0 radical (unpaired) electrons. The third kappa shape index (κ3) is 2.29. The van der Waals surface area contributed by atoms with Gasteiger partial charge in [0, 0.05) is 4.47 Å². The Morgan fingerprint density at radius 3 is 2.94 bits per heavy atom. The van der Waals surface area contributed by atoms with Crippen LogP contribution in [-0.4, -0.2) is 23.9 Å². The Morgan fingerprint density at radius 1 is 1.50 bits per heavy atom. The summed E-state index contributed by atoms with van der Waals surface area (Å²) in [7, 11) is 0. The molecule has 3 nitrogen and oxygen atoms in total. The monoisotopic (exact) mass is 323 g/mol. The largest absolute Gasteiger partial charge is 0.490 e. The molecular weight excluding hydrogens is 317 g/mol. The second kappa shape index (κ2) is 4.82. The topological polar surface area (TPSA) is 29.5 Å². The van der Waals surface area contributed by atoms with Crippen molar-refractivity contribution in [3.63, 3.8) is 0 Å². The molecule has 0 atom stereocenters. The van der Waals surface area contributed by atoms with Crippen LogP contribution in [0.5, 0.6) is 5.75 Å². The van der Waals surface area contributed by atoms with Crippen LogP contribution < -0.4 is 9.64 Å². The molecule has 1 amide bonds. The van der Waals surface area contributed by atoms with Crippen LogP contribution in [-0.2, 0) is 4.79 Å². The molecular formula is C10H8BrCl2NO2. The van der Waals surface area contributed by atoms with Crippen molar-refractivity contribution >= 4 is 50.7 Å². The second-order valence-electron chi connectivity index (χ2n) is 3.25. The lowest BCUT2D eigenvalue weighted by Gasteiger charge is -2.30. The molecule has 0 aliphatic carbocycles. The van der Waals surface area contributed by atoms with E-state index in [1.807, 2.05) is 12.1 Å². The highest BCUT2D eigenvalue weighted by Gasteiger charge is 2.27. The molecule has 1 heterocycles. The molecule has 16 heavy (non-hydrogen) atoms. The van der Waals surface area contributed by atoms with Gasteiger partial charge in [-0.25, -0.2) is 0 Å². The maximum Gasteiger partial charge on any atom is 0.260 e. The van der Waals surface area contributed by atoms with E-state index in [2.05, 4.69) is 15.9 Å². The standard InChI is InChI=1S/C10H8BrCl2NO2/c11-6-1-2-8-7(5-6)14(3-4-16-8)10(15)9(12)13/h1-2,5,9H,3-4H2. The first kappa shape index (κ1) is 12.0. The number of hydrogen-bond donors (Lipinski definition) is 0. The van der Waals surface area contributed by atoms with Crippen LogP contribution in [0.4, 0.5) is 5.69 Å². The average Bonchev–Trinajstić information content (AvgIpc) is 2.27. The molecule has 0 saturated heterocycles. The second-order valence-corrected chi connectivity index (χ2v) is 5.26. The van der Waals surface area contributed by atoms with Gasteiger partial charge in [0.2, 0.25) is 0 Å². The highest BCUT2D eigenvalue weighted by atomic mass is 79.9. The summed E-state index contributed by atoms with van der Waals surface area (Å²) in [5.74, 6) is 0.336. The molecule has 6 heteroatoms. The third-order valence-electron chi connectivity index (χ3n) is 2.24. The highest BCUT2D eigenvalue weighted by Crippen LogP contribution is 2.34. The first-order valence-corrected chi connectivity index (χ1v) is 6.28. The zero-order chi connectivity index (χ0) is 11.7. The van der Waals surface area contributed by atoms with E-state index in [1.165, 1.54) is 4.90 Å². The van der Waals surface area contributed by atoms with Crippen LogP contribution in [0, 0.1) is 0 Å². The van der Waals surface area contributed by atoms with E-state index in [0.29, 0.717) is 24.6 Å². The zero-order valence-corrected chi connectivity index (χ0v) is 11.2. The quantitative estimate of drug-likeness (QED) is 0.743. The summed E-state index contributed by atoms with van der Waals surface area (Å²) in [6.07, 6.45) is 0. The van der Waals surface area contributed by atoms with Crippen LogP contribution in [0.25, 0.3) is 0 Å².